The Morgan fingerprint density at radius 2 is 1.66 bits per heavy atom. The van der Waals surface area contributed by atoms with E-state index in [0.29, 0.717) is 28.0 Å². The monoisotopic (exact) mass is 463 g/mol. The fourth-order valence-electron chi connectivity index (χ4n) is 3.79. The predicted octanol–water partition coefficient (Wildman–Crippen LogP) is 4.56. The first-order valence-electron chi connectivity index (χ1n) is 11.0. The SMILES string of the molecule is O=C(Nc1ccccc1)c1cccc(-c2cccc(CNc3nc(=O)n(O)c4ncccc34)c2)c1. The van der Waals surface area contributed by atoms with Crippen LogP contribution in [0.15, 0.2) is 102 Å². The minimum atomic E-state index is -0.807. The molecule has 0 aliphatic heterocycles. The summed E-state index contributed by atoms with van der Waals surface area (Å²) in [5.74, 6) is 0.162. The van der Waals surface area contributed by atoms with Crippen LogP contribution < -0.4 is 16.3 Å². The average Bonchev–Trinajstić information content (AvgIpc) is 2.91. The number of pyridine rings is 1. The third kappa shape index (κ3) is 4.72. The van der Waals surface area contributed by atoms with E-state index in [1.807, 2.05) is 72.8 Å². The Balaban J connectivity index is 1.36. The van der Waals surface area contributed by atoms with Gasteiger partial charge in [-0.1, -0.05) is 48.5 Å². The minimum absolute atomic E-state index is 0.134. The van der Waals surface area contributed by atoms with E-state index in [-0.39, 0.29) is 11.6 Å². The first kappa shape index (κ1) is 21.8. The molecule has 2 heterocycles. The van der Waals surface area contributed by atoms with Gasteiger partial charge in [-0.3, -0.25) is 4.79 Å². The van der Waals surface area contributed by atoms with Crippen LogP contribution in [0.2, 0.25) is 0 Å². The van der Waals surface area contributed by atoms with Crippen molar-refractivity contribution < 1.29 is 10.0 Å². The summed E-state index contributed by atoms with van der Waals surface area (Å²) in [5.41, 5.74) is 3.43. The number of benzene rings is 3. The summed E-state index contributed by atoms with van der Waals surface area (Å²) < 4.78 is 0.433. The third-order valence-electron chi connectivity index (χ3n) is 5.51. The molecule has 0 unspecified atom stereocenters. The molecule has 1 amide bonds. The Morgan fingerprint density at radius 1 is 0.886 bits per heavy atom. The smallest absolute Gasteiger partial charge is 0.384 e. The van der Waals surface area contributed by atoms with Crippen molar-refractivity contribution in [1.82, 2.24) is 14.7 Å². The lowest BCUT2D eigenvalue weighted by Gasteiger charge is -2.11. The zero-order valence-corrected chi connectivity index (χ0v) is 18.6. The van der Waals surface area contributed by atoms with Crippen molar-refractivity contribution >= 4 is 28.4 Å². The highest BCUT2D eigenvalue weighted by Gasteiger charge is 2.11. The van der Waals surface area contributed by atoms with E-state index in [1.54, 1.807) is 18.2 Å². The second-order valence-corrected chi connectivity index (χ2v) is 7.88. The van der Waals surface area contributed by atoms with Gasteiger partial charge in [0.2, 0.25) is 0 Å². The average molecular weight is 463 g/mol. The Bertz CT molecular complexity index is 1580. The zero-order valence-electron chi connectivity index (χ0n) is 18.6. The molecule has 0 aliphatic carbocycles. The molecule has 35 heavy (non-hydrogen) atoms. The van der Waals surface area contributed by atoms with Gasteiger partial charge in [0.15, 0.2) is 5.65 Å². The summed E-state index contributed by atoms with van der Waals surface area (Å²) in [7, 11) is 0. The highest BCUT2D eigenvalue weighted by molar-refractivity contribution is 6.05. The van der Waals surface area contributed by atoms with Crippen LogP contribution in [0.5, 0.6) is 0 Å². The molecule has 5 rings (SSSR count). The van der Waals surface area contributed by atoms with Crippen molar-refractivity contribution in [3.05, 3.63) is 119 Å². The Hall–Kier alpha value is -4.98. The first-order chi connectivity index (χ1) is 17.1. The molecule has 0 saturated carbocycles. The molecule has 0 saturated heterocycles. The Labute approximate surface area is 200 Å². The summed E-state index contributed by atoms with van der Waals surface area (Å²) in [6, 6.07) is 28.1. The number of hydrogen-bond donors (Lipinski definition) is 3. The molecule has 0 fully saturated rings. The summed E-state index contributed by atoms with van der Waals surface area (Å²) >= 11 is 0. The Morgan fingerprint density at radius 3 is 2.49 bits per heavy atom. The Kier molecular flexibility index (Phi) is 5.92. The van der Waals surface area contributed by atoms with Gasteiger partial charge in [0.1, 0.15) is 5.82 Å². The van der Waals surface area contributed by atoms with Crippen molar-refractivity contribution in [2.24, 2.45) is 0 Å². The molecule has 8 nitrogen and oxygen atoms in total. The quantitative estimate of drug-likeness (QED) is 0.319. The van der Waals surface area contributed by atoms with Gasteiger partial charge in [0.05, 0.1) is 5.39 Å². The van der Waals surface area contributed by atoms with Crippen LogP contribution in [-0.2, 0) is 6.54 Å². The van der Waals surface area contributed by atoms with Crippen molar-refractivity contribution in [3.63, 3.8) is 0 Å². The molecule has 0 bridgehead atoms. The molecule has 0 radical (unpaired) electrons. The van der Waals surface area contributed by atoms with Crippen molar-refractivity contribution in [2.75, 3.05) is 10.6 Å². The summed E-state index contributed by atoms with van der Waals surface area (Å²) in [5, 5.41) is 16.5. The van der Waals surface area contributed by atoms with Crippen LogP contribution in [0.4, 0.5) is 11.5 Å². The maximum atomic E-state index is 12.7. The van der Waals surface area contributed by atoms with Gasteiger partial charge in [-0.05, 0) is 59.2 Å². The summed E-state index contributed by atoms with van der Waals surface area (Å²) in [6.07, 6.45) is 1.50. The number of hydrogen-bond acceptors (Lipinski definition) is 6. The fraction of sp³-hybridized carbons (Fsp3) is 0.0370. The maximum absolute atomic E-state index is 12.7. The number of carbonyl (C=O) groups is 1. The lowest BCUT2D eigenvalue weighted by atomic mass is 10.0. The molecule has 172 valence electrons. The second-order valence-electron chi connectivity index (χ2n) is 7.88. The normalized spacial score (nSPS) is 10.7. The number of nitrogens with one attached hydrogen (secondary N) is 2. The molecule has 3 aromatic carbocycles. The number of anilines is 2. The molecule has 8 heteroatoms. The maximum Gasteiger partial charge on any atom is 0.384 e. The second kappa shape index (κ2) is 9.48. The topological polar surface area (TPSA) is 109 Å². The van der Waals surface area contributed by atoms with E-state index in [4.69, 9.17) is 0 Å². The van der Waals surface area contributed by atoms with Gasteiger partial charge in [-0.15, -0.1) is 4.73 Å². The van der Waals surface area contributed by atoms with Gasteiger partial charge < -0.3 is 15.8 Å². The predicted molar refractivity (Wildman–Crippen MR) is 135 cm³/mol. The van der Waals surface area contributed by atoms with E-state index in [2.05, 4.69) is 20.6 Å². The standard InChI is InChI=1S/C27H21N5O3/c33-26(30-22-11-2-1-3-12-22)21-10-5-9-20(16-21)19-8-4-7-18(15-19)17-29-24-23-13-6-14-28-25(23)32(35)27(34)31-24/h1-16,35H,17H2,(H,30,33)(H,29,31,34). The fourth-order valence-corrected chi connectivity index (χ4v) is 3.79. The first-order valence-corrected chi connectivity index (χ1v) is 11.0. The molecular weight excluding hydrogens is 442 g/mol. The largest absolute Gasteiger partial charge is 0.422 e. The number of aromatic nitrogens is 3. The van der Waals surface area contributed by atoms with Gasteiger partial charge in [-0.25, -0.2) is 9.78 Å². The van der Waals surface area contributed by atoms with Gasteiger partial charge >= 0.3 is 5.69 Å². The number of amides is 1. The van der Waals surface area contributed by atoms with Crippen molar-refractivity contribution in [3.8, 4) is 11.1 Å². The highest BCUT2D eigenvalue weighted by Crippen LogP contribution is 2.23. The molecule has 3 N–H and O–H groups in total. The van der Waals surface area contributed by atoms with E-state index in [9.17, 15) is 14.8 Å². The van der Waals surface area contributed by atoms with Crippen LogP contribution >= 0.6 is 0 Å². The van der Waals surface area contributed by atoms with Gasteiger partial charge in [0.25, 0.3) is 5.91 Å². The van der Waals surface area contributed by atoms with Crippen molar-refractivity contribution in [2.45, 2.75) is 6.54 Å². The number of rotatable bonds is 6. The van der Waals surface area contributed by atoms with Crippen molar-refractivity contribution in [1.29, 1.82) is 0 Å². The number of carbonyl (C=O) groups excluding carboxylic acids is 1. The van der Waals surface area contributed by atoms with E-state index in [0.717, 1.165) is 22.4 Å². The molecule has 0 atom stereocenters. The number of fused-ring (bicyclic) bond motifs is 1. The number of nitrogens with zero attached hydrogens (tertiary/aromatic N) is 3. The molecule has 0 aliphatic rings. The van der Waals surface area contributed by atoms with Crippen LogP contribution in [0.25, 0.3) is 22.2 Å². The highest BCUT2D eigenvalue weighted by atomic mass is 16.5. The summed E-state index contributed by atoms with van der Waals surface area (Å²) in [4.78, 5) is 32.7. The zero-order chi connectivity index (χ0) is 24.2. The van der Waals surface area contributed by atoms with Crippen LogP contribution in [0.1, 0.15) is 15.9 Å². The van der Waals surface area contributed by atoms with E-state index >= 15 is 0 Å². The third-order valence-corrected chi connectivity index (χ3v) is 5.51. The van der Waals surface area contributed by atoms with Gasteiger partial charge in [0, 0.05) is 24.0 Å². The molecular formula is C27H21N5O3. The van der Waals surface area contributed by atoms with E-state index < -0.39 is 5.69 Å². The molecule has 0 spiro atoms. The lowest BCUT2D eigenvalue weighted by Crippen LogP contribution is -2.23. The van der Waals surface area contributed by atoms with E-state index in [1.165, 1.54) is 6.20 Å². The van der Waals surface area contributed by atoms with Crippen LogP contribution in [0.3, 0.4) is 0 Å². The number of para-hydroxylation sites is 1. The minimum Gasteiger partial charge on any atom is -0.422 e. The molecule has 2 aromatic heterocycles. The lowest BCUT2D eigenvalue weighted by molar-refractivity contribution is 0.102. The van der Waals surface area contributed by atoms with Crippen LogP contribution in [0, 0.1) is 0 Å². The van der Waals surface area contributed by atoms with Gasteiger partial charge in [-0.2, -0.15) is 4.98 Å². The van der Waals surface area contributed by atoms with Crippen LogP contribution in [-0.4, -0.2) is 25.8 Å². The summed E-state index contributed by atoms with van der Waals surface area (Å²) in [6.45, 7) is 0.397. The molecule has 5 aromatic rings.